The molecule has 0 aliphatic heterocycles. The van der Waals surface area contributed by atoms with E-state index in [0.717, 1.165) is 6.42 Å². The Morgan fingerprint density at radius 3 is 2.00 bits per heavy atom. The van der Waals surface area contributed by atoms with Crippen LogP contribution in [0.3, 0.4) is 0 Å². The van der Waals surface area contributed by atoms with Gasteiger partial charge in [0.2, 0.25) is 0 Å². The van der Waals surface area contributed by atoms with Crippen LogP contribution in [0.4, 0.5) is 0 Å². The van der Waals surface area contributed by atoms with E-state index in [-0.39, 0.29) is 5.82 Å². The lowest BCUT2D eigenvalue weighted by Gasteiger charge is -1.88. The van der Waals surface area contributed by atoms with Crippen molar-refractivity contribution in [2.24, 2.45) is 5.92 Å². The standard InChI is InChI=1S/C4H9BO2/c1-3-2-4(3)5(6)7/h3-4,6-7H,2H2,1H3/t3-,4?/m0/s1. The Bertz CT molecular complexity index is 74.1. The summed E-state index contributed by atoms with van der Waals surface area (Å²) < 4.78 is 0. The molecule has 0 heterocycles. The Balaban J connectivity index is 2.20. The average molecular weight is 99.9 g/mol. The molecule has 2 N–H and O–H groups in total. The molecule has 0 saturated heterocycles. The molecule has 1 aliphatic carbocycles. The monoisotopic (exact) mass is 100 g/mol. The molecule has 0 aromatic carbocycles. The smallest absolute Gasteiger partial charge is 0.427 e. The van der Waals surface area contributed by atoms with Crippen molar-refractivity contribution in [2.75, 3.05) is 0 Å². The molecule has 0 aromatic heterocycles. The van der Waals surface area contributed by atoms with Gasteiger partial charge in [-0.1, -0.05) is 6.92 Å². The molecule has 0 bridgehead atoms. The summed E-state index contributed by atoms with van der Waals surface area (Å²) >= 11 is 0. The van der Waals surface area contributed by atoms with Crippen LogP contribution in [0.1, 0.15) is 13.3 Å². The van der Waals surface area contributed by atoms with Crippen LogP contribution >= 0.6 is 0 Å². The molecule has 2 atom stereocenters. The third kappa shape index (κ3) is 0.953. The Morgan fingerprint density at radius 2 is 2.00 bits per heavy atom. The summed E-state index contributed by atoms with van der Waals surface area (Å²) in [6, 6.07) is 0. The van der Waals surface area contributed by atoms with E-state index in [9.17, 15) is 0 Å². The molecule has 2 nitrogen and oxygen atoms in total. The topological polar surface area (TPSA) is 40.5 Å². The molecule has 1 unspecified atom stereocenters. The Kier molecular flexibility index (Phi) is 1.09. The van der Waals surface area contributed by atoms with Crippen molar-refractivity contribution < 1.29 is 10.0 Å². The zero-order valence-corrected chi connectivity index (χ0v) is 4.33. The molecular weight excluding hydrogens is 90.9 g/mol. The van der Waals surface area contributed by atoms with Gasteiger partial charge in [-0.25, -0.2) is 0 Å². The van der Waals surface area contributed by atoms with Gasteiger partial charge < -0.3 is 10.0 Å². The van der Waals surface area contributed by atoms with Gasteiger partial charge in [0, 0.05) is 0 Å². The number of hydrogen-bond acceptors (Lipinski definition) is 2. The maximum Gasteiger partial charge on any atom is 0.455 e. The Morgan fingerprint density at radius 1 is 1.57 bits per heavy atom. The van der Waals surface area contributed by atoms with E-state index in [1.54, 1.807) is 0 Å². The minimum Gasteiger partial charge on any atom is -0.427 e. The van der Waals surface area contributed by atoms with Crippen molar-refractivity contribution in [3.05, 3.63) is 0 Å². The minimum atomic E-state index is -1.06. The van der Waals surface area contributed by atoms with Gasteiger partial charge in [-0.2, -0.15) is 0 Å². The van der Waals surface area contributed by atoms with Crippen LogP contribution in [-0.4, -0.2) is 17.2 Å². The molecular formula is C4H9BO2. The van der Waals surface area contributed by atoms with Crippen LogP contribution < -0.4 is 0 Å². The van der Waals surface area contributed by atoms with Crippen molar-refractivity contribution in [1.82, 2.24) is 0 Å². The predicted molar refractivity (Wildman–Crippen MR) is 27.7 cm³/mol. The third-order valence-corrected chi connectivity index (χ3v) is 1.55. The van der Waals surface area contributed by atoms with Crippen molar-refractivity contribution in [3.63, 3.8) is 0 Å². The van der Waals surface area contributed by atoms with Crippen LogP contribution in [0, 0.1) is 5.92 Å². The van der Waals surface area contributed by atoms with Gasteiger partial charge in [0.05, 0.1) is 0 Å². The lowest BCUT2D eigenvalue weighted by Crippen LogP contribution is -2.10. The quantitative estimate of drug-likeness (QED) is 0.450. The van der Waals surface area contributed by atoms with Gasteiger partial charge in [0.25, 0.3) is 0 Å². The molecule has 1 aliphatic rings. The highest BCUT2D eigenvalue weighted by molar-refractivity contribution is 6.44. The van der Waals surface area contributed by atoms with E-state index >= 15 is 0 Å². The van der Waals surface area contributed by atoms with E-state index in [4.69, 9.17) is 10.0 Å². The molecule has 1 rings (SSSR count). The van der Waals surface area contributed by atoms with Crippen LogP contribution in [0.5, 0.6) is 0 Å². The lowest BCUT2D eigenvalue weighted by molar-refractivity contribution is 0.401. The summed E-state index contributed by atoms with van der Waals surface area (Å²) in [4.78, 5) is 0. The molecule has 0 amide bonds. The number of rotatable bonds is 1. The third-order valence-electron chi connectivity index (χ3n) is 1.55. The van der Waals surface area contributed by atoms with Crippen LogP contribution in [0.15, 0.2) is 0 Å². The van der Waals surface area contributed by atoms with Crippen molar-refractivity contribution in [1.29, 1.82) is 0 Å². The molecule has 3 heteroatoms. The molecule has 1 saturated carbocycles. The highest BCUT2D eigenvalue weighted by atomic mass is 16.4. The van der Waals surface area contributed by atoms with Crippen molar-refractivity contribution in [2.45, 2.75) is 19.2 Å². The second kappa shape index (κ2) is 1.49. The van der Waals surface area contributed by atoms with Gasteiger partial charge in [-0.3, -0.25) is 0 Å². The van der Waals surface area contributed by atoms with E-state index < -0.39 is 7.12 Å². The van der Waals surface area contributed by atoms with Gasteiger partial charge in [0.15, 0.2) is 0 Å². The molecule has 40 valence electrons. The summed E-state index contributed by atoms with van der Waals surface area (Å²) in [6.07, 6.45) is 0.984. The Hall–Kier alpha value is -0.0151. The van der Waals surface area contributed by atoms with E-state index in [2.05, 4.69) is 0 Å². The summed E-state index contributed by atoms with van der Waals surface area (Å²) in [7, 11) is -1.06. The van der Waals surface area contributed by atoms with E-state index in [0.29, 0.717) is 5.92 Å². The van der Waals surface area contributed by atoms with Crippen molar-refractivity contribution in [3.8, 4) is 0 Å². The highest BCUT2D eigenvalue weighted by Gasteiger charge is 2.41. The second-order valence-corrected chi connectivity index (χ2v) is 2.29. The fourth-order valence-electron chi connectivity index (χ4n) is 0.766. The first-order valence-corrected chi connectivity index (χ1v) is 2.58. The van der Waals surface area contributed by atoms with E-state index in [1.165, 1.54) is 0 Å². The van der Waals surface area contributed by atoms with Crippen molar-refractivity contribution >= 4 is 7.12 Å². The summed E-state index contributed by atoms with van der Waals surface area (Å²) in [6.45, 7) is 2.02. The molecule has 0 radical (unpaired) electrons. The fraction of sp³-hybridized carbons (Fsp3) is 1.00. The lowest BCUT2D eigenvalue weighted by atomic mass is 9.82. The van der Waals surface area contributed by atoms with Crippen LogP contribution in [0.25, 0.3) is 0 Å². The summed E-state index contributed by atoms with van der Waals surface area (Å²) in [5.41, 5.74) is 0. The number of hydrogen-bond donors (Lipinski definition) is 2. The van der Waals surface area contributed by atoms with E-state index in [1.807, 2.05) is 6.92 Å². The first kappa shape index (κ1) is 5.13. The molecule has 7 heavy (non-hydrogen) atoms. The summed E-state index contributed by atoms with van der Waals surface area (Å²) in [5.74, 6) is 0.722. The average Bonchev–Trinajstić information content (AvgIpc) is 2.17. The maximum absolute atomic E-state index is 8.42. The van der Waals surface area contributed by atoms with Gasteiger partial charge >= 0.3 is 7.12 Å². The van der Waals surface area contributed by atoms with Gasteiger partial charge in [0.1, 0.15) is 0 Å². The Labute approximate surface area is 43.3 Å². The van der Waals surface area contributed by atoms with Gasteiger partial charge in [-0.05, 0) is 18.2 Å². The van der Waals surface area contributed by atoms with Crippen LogP contribution in [0.2, 0.25) is 5.82 Å². The van der Waals surface area contributed by atoms with Crippen LogP contribution in [-0.2, 0) is 0 Å². The highest BCUT2D eigenvalue weighted by Crippen LogP contribution is 2.44. The maximum atomic E-state index is 8.42. The predicted octanol–water partition coefficient (Wildman–Crippen LogP) is -0.131. The zero-order chi connectivity index (χ0) is 5.44. The summed E-state index contributed by atoms with van der Waals surface area (Å²) in [5, 5.41) is 16.8. The zero-order valence-electron chi connectivity index (χ0n) is 4.33. The van der Waals surface area contributed by atoms with Gasteiger partial charge in [-0.15, -0.1) is 0 Å². The fourth-order valence-corrected chi connectivity index (χ4v) is 0.766. The first-order valence-electron chi connectivity index (χ1n) is 2.58. The SMILES string of the molecule is C[C@H]1CC1B(O)O. The molecule has 0 aromatic rings. The molecule has 1 fully saturated rings. The normalized spacial score (nSPS) is 38.1. The first-order chi connectivity index (χ1) is 3.22. The molecule has 0 spiro atoms. The second-order valence-electron chi connectivity index (χ2n) is 2.29. The minimum absolute atomic E-state index is 0.181. The largest absolute Gasteiger partial charge is 0.455 e.